The highest BCUT2D eigenvalue weighted by Gasteiger charge is 2.08. The molecule has 0 spiro atoms. The lowest BCUT2D eigenvalue weighted by Gasteiger charge is -2.11. The van der Waals surface area contributed by atoms with Gasteiger partial charge < -0.3 is 15.7 Å². The monoisotopic (exact) mass is 302 g/mol. The predicted molar refractivity (Wildman–Crippen MR) is 82.2 cm³/mol. The molecule has 0 fully saturated rings. The molecule has 0 bridgehead atoms. The zero-order valence-corrected chi connectivity index (χ0v) is 12.2. The van der Waals surface area contributed by atoms with Crippen LogP contribution in [0.15, 0.2) is 36.5 Å². The summed E-state index contributed by atoms with van der Waals surface area (Å²) in [5, 5.41) is 18.2. The number of rotatable bonds is 6. The van der Waals surface area contributed by atoms with Crippen molar-refractivity contribution in [3.05, 3.63) is 42.2 Å². The standard InChI is InChI=1S/C15H18N4O3/c1-11-8-10-19(18-11)13-6-3-2-5-12(13)17-15(22)16-9-4-7-14(20)21/h2-3,5-6,8,10H,4,7,9H2,1H3,(H,20,21)(H2,16,17,22). The molecule has 7 nitrogen and oxygen atoms in total. The summed E-state index contributed by atoms with van der Waals surface area (Å²) in [5.41, 5.74) is 2.27. The molecule has 0 radical (unpaired) electrons. The van der Waals surface area contributed by atoms with Gasteiger partial charge in [-0.15, -0.1) is 0 Å². The number of aromatic nitrogens is 2. The van der Waals surface area contributed by atoms with Gasteiger partial charge in [-0.05, 0) is 31.5 Å². The first-order chi connectivity index (χ1) is 10.6. The predicted octanol–water partition coefficient (Wildman–Crippen LogP) is 2.17. The Bertz CT molecular complexity index is 666. The van der Waals surface area contributed by atoms with Gasteiger partial charge in [-0.25, -0.2) is 9.48 Å². The van der Waals surface area contributed by atoms with Crippen LogP contribution in [0.25, 0.3) is 5.69 Å². The number of aryl methyl sites for hydroxylation is 1. The highest BCUT2D eigenvalue weighted by molar-refractivity contribution is 5.91. The Hall–Kier alpha value is -2.83. The molecule has 2 rings (SSSR count). The highest BCUT2D eigenvalue weighted by atomic mass is 16.4. The highest BCUT2D eigenvalue weighted by Crippen LogP contribution is 2.19. The number of aliphatic carboxylic acids is 1. The van der Waals surface area contributed by atoms with Crippen molar-refractivity contribution in [3.63, 3.8) is 0 Å². The molecule has 22 heavy (non-hydrogen) atoms. The van der Waals surface area contributed by atoms with Gasteiger partial charge in [0, 0.05) is 19.2 Å². The lowest BCUT2D eigenvalue weighted by Crippen LogP contribution is -2.30. The summed E-state index contributed by atoms with van der Waals surface area (Å²) in [6.07, 6.45) is 2.24. The van der Waals surface area contributed by atoms with E-state index in [9.17, 15) is 9.59 Å². The van der Waals surface area contributed by atoms with E-state index >= 15 is 0 Å². The Balaban J connectivity index is 1.98. The van der Waals surface area contributed by atoms with Crippen LogP contribution in [0.4, 0.5) is 10.5 Å². The molecular weight excluding hydrogens is 284 g/mol. The van der Waals surface area contributed by atoms with Crippen LogP contribution >= 0.6 is 0 Å². The zero-order valence-electron chi connectivity index (χ0n) is 12.2. The van der Waals surface area contributed by atoms with Crippen molar-refractivity contribution in [2.75, 3.05) is 11.9 Å². The summed E-state index contributed by atoms with van der Waals surface area (Å²) >= 11 is 0. The third-order valence-corrected chi connectivity index (χ3v) is 2.97. The Morgan fingerprint density at radius 1 is 1.27 bits per heavy atom. The number of nitrogens with zero attached hydrogens (tertiary/aromatic N) is 2. The molecule has 0 atom stereocenters. The van der Waals surface area contributed by atoms with Crippen LogP contribution in [0.3, 0.4) is 0 Å². The molecule has 116 valence electrons. The number of carboxylic acid groups (broad SMARTS) is 1. The van der Waals surface area contributed by atoms with Crippen LogP contribution in [0, 0.1) is 6.92 Å². The fraction of sp³-hybridized carbons (Fsp3) is 0.267. The van der Waals surface area contributed by atoms with Crippen molar-refractivity contribution < 1.29 is 14.7 Å². The molecule has 3 N–H and O–H groups in total. The molecule has 1 aromatic heterocycles. The van der Waals surface area contributed by atoms with Gasteiger partial charge in [0.25, 0.3) is 0 Å². The zero-order chi connectivity index (χ0) is 15.9. The minimum Gasteiger partial charge on any atom is -0.481 e. The Morgan fingerprint density at radius 2 is 2.05 bits per heavy atom. The number of para-hydroxylation sites is 2. The van der Waals surface area contributed by atoms with E-state index < -0.39 is 5.97 Å². The average molecular weight is 302 g/mol. The summed E-state index contributed by atoms with van der Waals surface area (Å²) in [6.45, 7) is 2.20. The van der Waals surface area contributed by atoms with Crippen LogP contribution in [-0.4, -0.2) is 33.4 Å². The minimum absolute atomic E-state index is 0.0312. The topological polar surface area (TPSA) is 96.2 Å². The molecule has 0 saturated carbocycles. The van der Waals surface area contributed by atoms with Crippen molar-refractivity contribution in [1.82, 2.24) is 15.1 Å². The van der Waals surface area contributed by atoms with Crippen molar-refractivity contribution in [2.24, 2.45) is 0 Å². The van der Waals surface area contributed by atoms with Gasteiger partial charge in [0.05, 0.1) is 17.1 Å². The third kappa shape index (κ3) is 4.34. The average Bonchev–Trinajstić information content (AvgIpc) is 2.90. The molecule has 2 aromatic rings. The third-order valence-electron chi connectivity index (χ3n) is 2.97. The van der Waals surface area contributed by atoms with Crippen LogP contribution < -0.4 is 10.6 Å². The first-order valence-corrected chi connectivity index (χ1v) is 6.94. The molecule has 0 unspecified atom stereocenters. The molecular formula is C15H18N4O3. The lowest BCUT2D eigenvalue weighted by molar-refractivity contribution is -0.137. The van der Waals surface area contributed by atoms with Gasteiger partial charge >= 0.3 is 12.0 Å². The van der Waals surface area contributed by atoms with Crippen molar-refractivity contribution in [2.45, 2.75) is 19.8 Å². The maximum atomic E-state index is 11.8. The second-order valence-electron chi connectivity index (χ2n) is 4.80. The van der Waals surface area contributed by atoms with E-state index in [0.29, 0.717) is 18.7 Å². The summed E-state index contributed by atoms with van der Waals surface area (Å²) in [6, 6.07) is 8.82. The molecule has 0 saturated heterocycles. The van der Waals surface area contributed by atoms with Crippen molar-refractivity contribution in [1.29, 1.82) is 0 Å². The number of anilines is 1. The van der Waals surface area contributed by atoms with Gasteiger partial charge in [-0.3, -0.25) is 4.79 Å². The molecule has 0 aliphatic heterocycles. The Morgan fingerprint density at radius 3 is 2.73 bits per heavy atom. The first kappa shape index (κ1) is 15.6. The van der Waals surface area contributed by atoms with E-state index in [-0.39, 0.29) is 12.5 Å². The Kier molecular flexibility index (Phi) is 5.13. The number of urea groups is 1. The number of benzene rings is 1. The number of carboxylic acids is 1. The van der Waals surface area contributed by atoms with Gasteiger partial charge in [-0.2, -0.15) is 5.10 Å². The first-order valence-electron chi connectivity index (χ1n) is 6.94. The molecule has 0 aliphatic rings. The maximum Gasteiger partial charge on any atom is 0.319 e. The lowest BCUT2D eigenvalue weighted by atomic mass is 10.2. The quantitative estimate of drug-likeness (QED) is 0.712. The second-order valence-corrected chi connectivity index (χ2v) is 4.80. The van der Waals surface area contributed by atoms with Crippen molar-refractivity contribution in [3.8, 4) is 5.69 Å². The van der Waals surface area contributed by atoms with Gasteiger partial charge in [-0.1, -0.05) is 12.1 Å². The number of hydrogen-bond donors (Lipinski definition) is 3. The van der Waals surface area contributed by atoms with E-state index in [1.807, 2.05) is 37.4 Å². The van der Waals surface area contributed by atoms with E-state index in [0.717, 1.165) is 11.4 Å². The number of nitrogens with one attached hydrogen (secondary N) is 2. The van der Waals surface area contributed by atoms with Gasteiger partial charge in [0.15, 0.2) is 0 Å². The number of carbonyl (C=O) groups excluding carboxylic acids is 1. The van der Waals surface area contributed by atoms with E-state index in [1.165, 1.54) is 0 Å². The normalized spacial score (nSPS) is 10.2. The summed E-state index contributed by atoms with van der Waals surface area (Å²) in [4.78, 5) is 22.2. The maximum absolute atomic E-state index is 11.8. The SMILES string of the molecule is Cc1ccn(-c2ccccc2NC(=O)NCCCC(=O)O)n1. The van der Waals surface area contributed by atoms with Crippen LogP contribution in [0.1, 0.15) is 18.5 Å². The van der Waals surface area contributed by atoms with Crippen LogP contribution in [0.5, 0.6) is 0 Å². The Labute approximate surface area is 128 Å². The fourth-order valence-electron chi connectivity index (χ4n) is 1.94. The van der Waals surface area contributed by atoms with Gasteiger partial charge in [0.1, 0.15) is 0 Å². The molecule has 1 heterocycles. The van der Waals surface area contributed by atoms with Gasteiger partial charge in [0.2, 0.25) is 0 Å². The van der Waals surface area contributed by atoms with E-state index in [2.05, 4.69) is 15.7 Å². The van der Waals surface area contributed by atoms with Crippen LogP contribution in [0.2, 0.25) is 0 Å². The molecule has 0 aliphatic carbocycles. The smallest absolute Gasteiger partial charge is 0.319 e. The van der Waals surface area contributed by atoms with Crippen molar-refractivity contribution >= 4 is 17.7 Å². The number of carbonyl (C=O) groups is 2. The molecule has 1 aromatic carbocycles. The summed E-state index contributed by atoms with van der Waals surface area (Å²) < 4.78 is 1.69. The minimum atomic E-state index is -0.874. The van der Waals surface area contributed by atoms with E-state index in [4.69, 9.17) is 5.11 Å². The number of amides is 2. The number of hydrogen-bond acceptors (Lipinski definition) is 3. The largest absolute Gasteiger partial charge is 0.481 e. The summed E-state index contributed by atoms with van der Waals surface area (Å²) in [7, 11) is 0. The summed E-state index contributed by atoms with van der Waals surface area (Å²) in [5.74, 6) is -0.874. The molecule has 2 amide bonds. The van der Waals surface area contributed by atoms with E-state index in [1.54, 1.807) is 10.7 Å². The second kappa shape index (κ2) is 7.26. The fourth-order valence-corrected chi connectivity index (χ4v) is 1.94. The van der Waals surface area contributed by atoms with Crippen LogP contribution in [-0.2, 0) is 4.79 Å². The molecule has 7 heteroatoms.